The Morgan fingerprint density at radius 2 is 2.00 bits per heavy atom. The monoisotopic (exact) mass is 473 g/mol. The van der Waals surface area contributed by atoms with Crippen LogP contribution in [-0.4, -0.2) is 51.8 Å². The molecule has 0 spiro atoms. The first kappa shape index (κ1) is 23.0. The molecule has 5 aliphatic rings. The fourth-order valence-corrected chi connectivity index (χ4v) is 7.59. The second-order valence-corrected chi connectivity index (χ2v) is 11.4. The second-order valence-electron chi connectivity index (χ2n) is 11.0. The summed E-state index contributed by atoms with van der Waals surface area (Å²) in [7, 11) is 0. The minimum Gasteiger partial charge on any atom is -0.481 e. The largest absolute Gasteiger partial charge is 0.481 e. The van der Waals surface area contributed by atoms with Crippen LogP contribution in [-0.2, 0) is 11.2 Å². The van der Waals surface area contributed by atoms with E-state index in [-0.39, 0.29) is 24.3 Å². The molecule has 180 valence electrons. The first-order valence-electron chi connectivity index (χ1n) is 12.5. The number of carbonyl (C=O) groups is 2. The standard InChI is InChI=1S/C25H35N3O4S/c1-2-3-19-18(9-20(33)23(26-19)28-5-4-14(13-28)8-21(29)30)24(31)27-22-16-6-15-7-17(22)12-25(32,10-15)11-16/h9,14-17,22,32-33H,2-8,10-13H2,1H3,(H,27,31)(H,29,30)/t14-,15?,16?,17?,22?,25?/m1/s1. The van der Waals surface area contributed by atoms with Crippen molar-refractivity contribution < 1.29 is 19.8 Å². The maximum Gasteiger partial charge on any atom is 0.303 e. The van der Waals surface area contributed by atoms with Gasteiger partial charge in [0.1, 0.15) is 5.82 Å². The fraction of sp³-hybridized carbons (Fsp3) is 0.720. The van der Waals surface area contributed by atoms with E-state index in [2.05, 4.69) is 29.8 Å². The normalized spacial score (nSPS) is 34.6. The van der Waals surface area contributed by atoms with E-state index in [1.54, 1.807) is 0 Å². The molecule has 2 unspecified atom stereocenters. The first-order chi connectivity index (χ1) is 15.7. The lowest BCUT2D eigenvalue weighted by atomic mass is 9.52. The Bertz CT molecular complexity index is 938. The number of rotatable bonds is 7. The molecule has 2 heterocycles. The maximum atomic E-state index is 13.4. The number of aliphatic carboxylic acids is 1. The summed E-state index contributed by atoms with van der Waals surface area (Å²) in [6.45, 7) is 3.49. The van der Waals surface area contributed by atoms with Gasteiger partial charge >= 0.3 is 5.97 Å². The van der Waals surface area contributed by atoms with Crippen LogP contribution in [0.4, 0.5) is 5.82 Å². The Morgan fingerprint density at radius 1 is 1.27 bits per heavy atom. The van der Waals surface area contributed by atoms with E-state index in [0.29, 0.717) is 41.2 Å². The number of aryl methyl sites for hydroxylation is 1. The summed E-state index contributed by atoms with van der Waals surface area (Å²) in [5.74, 6) is 1.34. The number of anilines is 1. The fourth-order valence-electron chi connectivity index (χ4n) is 7.27. The van der Waals surface area contributed by atoms with Crippen molar-refractivity contribution in [2.24, 2.45) is 23.7 Å². The maximum absolute atomic E-state index is 13.4. The lowest BCUT2D eigenvalue weighted by Crippen LogP contribution is -2.61. The molecular formula is C25H35N3O4S. The van der Waals surface area contributed by atoms with Crippen LogP contribution in [0.5, 0.6) is 0 Å². The lowest BCUT2D eigenvalue weighted by molar-refractivity contribution is -0.138. The molecule has 1 aromatic heterocycles. The number of hydrogen-bond acceptors (Lipinski definition) is 6. The molecule has 4 aliphatic carbocycles. The zero-order valence-corrected chi connectivity index (χ0v) is 20.2. The van der Waals surface area contributed by atoms with Crippen molar-refractivity contribution in [2.75, 3.05) is 18.0 Å². The van der Waals surface area contributed by atoms with E-state index in [0.717, 1.165) is 63.0 Å². The number of carboxylic acid groups (broad SMARTS) is 1. The van der Waals surface area contributed by atoms with Crippen molar-refractivity contribution in [1.29, 1.82) is 0 Å². The van der Waals surface area contributed by atoms with Crippen LogP contribution < -0.4 is 10.2 Å². The molecule has 1 amide bonds. The van der Waals surface area contributed by atoms with Crippen LogP contribution in [0.2, 0.25) is 0 Å². The summed E-state index contributed by atoms with van der Waals surface area (Å²) >= 11 is 4.68. The van der Waals surface area contributed by atoms with Crippen molar-refractivity contribution in [2.45, 2.75) is 81.2 Å². The highest BCUT2D eigenvalue weighted by Gasteiger charge is 2.55. The summed E-state index contributed by atoms with van der Waals surface area (Å²) < 4.78 is 0. The molecule has 3 N–H and O–H groups in total. The summed E-state index contributed by atoms with van der Waals surface area (Å²) in [6, 6.07) is 1.97. The second kappa shape index (κ2) is 8.77. The molecule has 4 bridgehead atoms. The molecule has 0 aromatic carbocycles. The van der Waals surface area contributed by atoms with Gasteiger partial charge in [-0.05, 0) is 74.7 Å². The van der Waals surface area contributed by atoms with Crippen molar-refractivity contribution in [3.05, 3.63) is 17.3 Å². The summed E-state index contributed by atoms with van der Waals surface area (Å²) in [5, 5.41) is 23.3. The summed E-state index contributed by atoms with van der Waals surface area (Å²) in [6.07, 6.45) is 7.31. The zero-order valence-electron chi connectivity index (χ0n) is 19.3. The van der Waals surface area contributed by atoms with Crippen LogP contribution >= 0.6 is 12.6 Å². The molecule has 5 fully saturated rings. The van der Waals surface area contributed by atoms with Gasteiger partial charge in [0.25, 0.3) is 5.91 Å². The highest BCUT2D eigenvalue weighted by atomic mass is 32.1. The van der Waals surface area contributed by atoms with Crippen molar-refractivity contribution in [3.8, 4) is 0 Å². The van der Waals surface area contributed by atoms with Crippen LogP contribution in [0.25, 0.3) is 0 Å². The molecule has 1 aliphatic heterocycles. The van der Waals surface area contributed by atoms with E-state index in [4.69, 9.17) is 10.1 Å². The highest BCUT2D eigenvalue weighted by Crippen LogP contribution is 2.55. The molecule has 1 saturated heterocycles. The van der Waals surface area contributed by atoms with E-state index in [1.165, 1.54) is 0 Å². The number of nitrogens with one attached hydrogen (secondary N) is 1. The molecule has 4 saturated carbocycles. The number of aromatic nitrogens is 1. The molecule has 33 heavy (non-hydrogen) atoms. The minimum absolute atomic E-state index is 0.0811. The molecule has 0 radical (unpaired) electrons. The summed E-state index contributed by atoms with van der Waals surface area (Å²) in [5.41, 5.74) is 0.868. The van der Waals surface area contributed by atoms with E-state index in [1.807, 2.05) is 6.07 Å². The van der Waals surface area contributed by atoms with Gasteiger partial charge in [0, 0.05) is 30.4 Å². The lowest BCUT2D eigenvalue weighted by Gasteiger charge is -2.58. The Kier molecular flexibility index (Phi) is 6.10. The van der Waals surface area contributed by atoms with E-state index in [9.17, 15) is 14.7 Å². The number of nitrogens with zero attached hydrogens (tertiary/aromatic N) is 2. The van der Waals surface area contributed by atoms with E-state index >= 15 is 0 Å². The van der Waals surface area contributed by atoms with Crippen LogP contribution in [0.15, 0.2) is 11.0 Å². The first-order valence-corrected chi connectivity index (χ1v) is 12.9. The highest BCUT2D eigenvalue weighted by molar-refractivity contribution is 7.80. The van der Waals surface area contributed by atoms with Crippen molar-refractivity contribution >= 4 is 30.3 Å². The molecule has 8 heteroatoms. The Hall–Kier alpha value is -1.80. The molecule has 1 aromatic rings. The number of carbonyl (C=O) groups excluding carboxylic acids is 1. The van der Waals surface area contributed by atoms with Gasteiger partial charge in [-0.3, -0.25) is 9.59 Å². The predicted molar refractivity (Wildman–Crippen MR) is 128 cm³/mol. The quantitative estimate of drug-likeness (QED) is 0.453. The number of amides is 1. The van der Waals surface area contributed by atoms with Crippen LogP contribution in [0.1, 0.15) is 74.3 Å². The van der Waals surface area contributed by atoms with Crippen molar-refractivity contribution in [1.82, 2.24) is 10.3 Å². The number of pyridine rings is 1. The topological polar surface area (TPSA) is 103 Å². The molecule has 7 nitrogen and oxygen atoms in total. The van der Waals surface area contributed by atoms with Gasteiger partial charge in [0.05, 0.1) is 16.9 Å². The van der Waals surface area contributed by atoms with Gasteiger partial charge in [-0.1, -0.05) is 13.3 Å². The SMILES string of the molecule is CCCc1nc(N2CC[C@H](CC(=O)O)C2)c(S)cc1C(=O)NC1C2CC3CC1CC(O)(C3)C2. The minimum atomic E-state index is -0.767. The molecular weight excluding hydrogens is 438 g/mol. The van der Waals surface area contributed by atoms with Gasteiger partial charge in [-0.15, -0.1) is 12.6 Å². The van der Waals surface area contributed by atoms with Crippen LogP contribution in [0, 0.1) is 23.7 Å². The van der Waals surface area contributed by atoms with Gasteiger partial charge in [0.2, 0.25) is 0 Å². The zero-order chi connectivity index (χ0) is 23.3. The number of aliphatic hydroxyl groups is 1. The predicted octanol–water partition coefficient (Wildman–Crippen LogP) is 3.29. The van der Waals surface area contributed by atoms with Crippen molar-refractivity contribution in [3.63, 3.8) is 0 Å². The number of hydrogen-bond donors (Lipinski definition) is 4. The third-order valence-electron chi connectivity index (χ3n) is 8.38. The molecule has 6 rings (SSSR count). The number of carboxylic acids is 1. The smallest absolute Gasteiger partial charge is 0.303 e. The van der Waals surface area contributed by atoms with E-state index < -0.39 is 11.6 Å². The van der Waals surface area contributed by atoms with Crippen LogP contribution in [0.3, 0.4) is 0 Å². The Morgan fingerprint density at radius 3 is 2.64 bits per heavy atom. The summed E-state index contributed by atoms with van der Waals surface area (Å²) in [4.78, 5) is 32.2. The van der Waals surface area contributed by atoms with Gasteiger partial charge in [0.15, 0.2) is 0 Å². The number of thiol groups is 1. The Labute approximate surface area is 200 Å². The van der Waals surface area contributed by atoms with Gasteiger partial charge < -0.3 is 20.4 Å². The molecule has 3 atom stereocenters. The third kappa shape index (κ3) is 4.48. The van der Waals surface area contributed by atoms with Gasteiger partial charge in [-0.2, -0.15) is 0 Å². The van der Waals surface area contributed by atoms with Gasteiger partial charge in [-0.25, -0.2) is 4.98 Å². The third-order valence-corrected chi connectivity index (χ3v) is 8.71. The average molecular weight is 474 g/mol. The average Bonchev–Trinajstić information content (AvgIpc) is 3.18. The Balaban J connectivity index is 1.34.